The Labute approximate surface area is 155 Å². The molecule has 4 rings (SSSR count). The van der Waals surface area contributed by atoms with Crippen LogP contribution >= 0.6 is 0 Å². The molecule has 136 valence electrons. The molecular formula is C21H17FN2O3. The third kappa shape index (κ3) is 2.99. The Hall–Kier alpha value is -3.41. The number of methoxy groups -OCH3 is 1. The summed E-state index contributed by atoms with van der Waals surface area (Å²) in [5.41, 5.74) is 3.20. The van der Waals surface area contributed by atoms with E-state index in [2.05, 4.69) is 4.98 Å². The van der Waals surface area contributed by atoms with Gasteiger partial charge in [0.05, 0.1) is 18.4 Å². The van der Waals surface area contributed by atoms with Gasteiger partial charge in [-0.15, -0.1) is 0 Å². The van der Waals surface area contributed by atoms with Gasteiger partial charge in [-0.05, 0) is 42.3 Å². The van der Waals surface area contributed by atoms with Gasteiger partial charge in [-0.1, -0.05) is 18.2 Å². The van der Waals surface area contributed by atoms with E-state index in [9.17, 15) is 14.0 Å². The Morgan fingerprint density at radius 3 is 2.59 bits per heavy atom. The highest BCUT2D eigenvalue weighted by Crippen LogP contribution is 2.31. The van der Waals surface area contributed by atoms with Gasteiger partial charge in [-0.3, -0.25) is 4.79 Å². The van der Waals surface area contributed by atoms with Gasteiger partial charge in [0.25, 0.3) is 5.91 Å². The van der Waals surface area contributed by atoms with Crippen molar-refractivity contribution in [1.29, 1.82) is 0 Å². The molecule has 0 saturated carbocycles. The minimum absolute atomic E-state index is 0.289. The van der Waals surface area contributed by atoms with Crippen LogP contribution in [0.1, 0.15) is 21.6 Å². The van der Waals surface area contributed by atoms with Gasteiger partial charge < -0.3 is 14.6 Å². The number of para-hydroxylation sites is 1. The first-order chi connectivity index (χ1) is 13.1. The minimum Gasteiger partial charge on any atom is -0.465 e. The van der Waals surface area contributed by atoms with Gasteiger partial charge in [-0.2, -0.15) is 0 Å². The first-order valence-corrected chi connectivity index (χ1v) is 8.55. The van der Waals surface area contributed by atoms with E-state index in [1.807, 2.05) is 24.3 Å². The molecule has 3 aromatic rings. The van der Waals surface area contributed by atoms with Crippen molar-refractivity contribution < 1.29 is 18.7 Å². The lowest BCUT2D eigenvalue weighted by Crippen LogP contribution is -2.28. The van der Waals surface area contributed by atoms with Gasteiger partial charge in [-0.25, -0.2) is 9.18 Å². The van der Waals surface area contributed by atoms with Crippen molar-refractivity contribution in [2.24, 2.45) is 0 Å². The van der Waals surface area contributed by atoms with Gasteiger partial charge in [0, 0.05) is 29.2 Å². The van der Waals surface area contributed by atoms with Crippen LogP contribution in [0.5, 0.6) is 0 Å². The van der Waals surface area contributed by atoms with Gasteiger partial charge >= 0.3 is 5.97 Å². The van der Waals surface area contributed by atoms with Crippen molar-refractivity contribution in [3.8, 4) is 0 Å². The summed E-state index contributed by atoms with van der Waals surface area (Å²) in [5, 5.41) is 1.01. The summed E-state index contributed by atoms with van der Waals surface area (Å²) in [6, 6.07) is 13.1. The lowest BCUT2D eigenvalue weighted by atomic mass is 10.0. The predicted molar refractivity (Wildman–Crippen MR) is 99.4 cm³/mol. The first kappa shape index (κ1) is 17.0. The SMILES string of the molecule is COC(=O)C1=CN(C(=O)c2ccc(F)cc2)CCc2c1[nH]c1ccccc21. The molecule has 0 atom stereocenters. The van der Waals surface area contributed by atoms with Crippen LogP contribution in [0.2, 0.25) is 0 Å². The van der Waals surface area contributed by atoms with Crippen molar-refractivity contribution >= 4 is 28.4 Å². The monoisotopic (exact) mass is 364 g/mol. The highest BCUT2D eigenvalue weighted by molar-refractivity contribution is 6.18. The number of aromatic nitrogens is 1. The van der Waals surface area contributed by atoms with Crippen LogP contribution < -0.4 is 0 Å². The number of aromatic amines is 1. The van der Waals surface area contributed by atoms with E-state index in [-0.39, 0.29) is 11.5 Å². The quantitative estimate of drug-likeness (QED) is 0.708. The van der Waals surface area contributed by atoms with Crippen LogP contribution in [0.3, 0.4) is 0 Å². The summed E-state index contributed by atoms with van der Waals surface area (Å²) < 4.78 is 18.1. The van der Waals surface area contributed by atoms with Crippen LogP contribution in [0, 0.1) is 5.82 Å². The number of amides is 1. The summed E-state index contributed by atoms with van der Waals surface area (Å²) in [6.07, 6.45) is 2.09. The van der Waals surface area contributed by atoms with Gasteiger partial charge in [0.1, 0.15) is 5.82 Å². The van der Waals surface area contributed by atoms with Crippen molar-refractivity contribution in [1.82, 2.24) is 9.88 Å². The Morgan fingerprint density at radius 1 is 1.11 bits per heavy atom. The molecule has 6 heteroatoms. The van der Waals surface area contributed by atoms with Crippen LogP contribution in [0.25, 0.3) is 16.5 Å². The number of nitrogens with zero attached hydrogens (tertiary/aromatic N) is 1. The average Bonchev–Trinajstić information content (AvgIpc) is 2.95. The molecule has 27 heavy (non-hydrogen) atoms. The van der Waals surface area contributed by atoms with Crippen LogP contribution in [-0.2, 0) is 16.0 Å². The fraction of sp³-hybridized carbons (Fsp3) is 0.143. The van der Waals surface area contributed by atoms with Crippen molar-refractivity contribution in [2.75, 3.05) is 13.7 Å². The molecule has 1 amide bonds. The Balaban J connectivity index is 1.79. The molecule has 0 fully saturated rings. The molecular weight excluding hydrogens is 347 g/mol. The number of hydrogen-bond donors (Lipinski definition) is 1. The summed E-state index contributed by atoms with van der Waals surface area (Å²) >= 11 is 0. The van der Waals surface area contributed by atoms with Crippen LogP contribution in [0.4, 0.5) is 4.39 Å². The average molecular weight is 364 g/mol. The van der Waals surface area contributed by atoms with Gasteiger partial charge in [0.2, 0.25) is 0 Å². The van der Waals surface area contributed by atoms with Crippen molar-refractivity contribution in [3.63, 3.8) is 0 Å². The normalized spacial score (nSPS) is 13.7. The van der Waals surface area contributed by atoms with Crippen molar-refractivity contribution in [3.05, 3.63) is 77.4 Å². The highest BCUT2D eigenvalue weighted by Gasteiger charge is 2.27. The van der Waals surface area contributed by atoms with Crippen molar-refractivity contribution in [2.45, 2.75) is 6.42 Å². The molecule has 0 saturated heterocycles. The standard InChI is InChI=1S/C21H17FN2O3/c1-27-21(26)17-12-24(20(25)13-6-8-14(22)9-7-13)11-10-16-15-4-2-3-5-18(15)23-19(16)17/h2-9,12,23H,10-11H2,1H3. The molecule has 0 bridgehead atoms. The zero-order valence-corrected chi connectivity index (χ0v) is 14.7. The number of esters is 1. The van der Waals surface area contributed by atoms with Crippen LogP contribution in [-0.4, -0.2) is 35.4 Å². The van der Waals surface area contributed by atoms with E-state index in [0.29, 0.717) is 24.2 Å². The summed E-state index contributed by atoms with van der Waals surface area (Å²) in [5.74, 6) is -1.23. The Bertz CT molecular complexity index is 1070. The first-order valence-electron chi connectivity index (χ1n) is 8.55. The van der Waals surface area contributed by atoms with E-state index in [0.717, 1.165) is 16.5 Å². The van der Waals surface area contributed by atoms with Crippen LogP contribution in [0.15, 0.2) is 54.7 Å². The molecule has 5 nitrogen and oxygen atoms in total. The lowest BCUT2D eigenvalue weighted by molar-refractivity contribution is -0.133. The second kappa shape index (κ2) is 6.72. The third-order valence-corrected chi connectivity index (χ3v) is 4.73. The lowest BCUT2D eigenvalue weighted by Gasteiger charge is -2.17. The fourth-order valence-corrected chi connectivity index (χ4v) is 3.39. The predicted octanol–water partition coefficient (Wildman–Crippen LogP) is 3.52. The topological polar surface area (TPSA) is 62.4 Å². The Morgan fingerprint density at radius 2 is 1.85 bits per heavy atom. The number of fused-ring (bicyclic) bond motifs is 3. The number of halogens is 1. The number of benzene rings is 2. The second-order valence-electron chi connectivity index (χ2n) is 6.31. The molecule has 2 aromatic carbocycles. The van der Waals surface area contributed by atoms with Gasteiger partial charge in [0.15, 0.2) is 0 Å². The molecule has 0 spiro atoms. The number of rotatable bonds is 2. The number of carbonyl (C=O) groups is 2. The third-order valence-electron chi connectivity index (χ3n) is 4.73. The van der Waals surface area contributed by atoms with E-state index < -0.39 is 11.8 Å². The molecule has 0 unspecified atom stereocenters. The smallest absolute Gasteiger partial charge is 0.341 e. The van der Waals surface area contributed by atoms with E-state index in [1.54, 1.807) is 0 Å². The number of carbonyl (C=O) groups excluding carboxylic acids is 2. The summed E-state index contributed by atoms with van der Waals surface area (Å²) in [6.45, 7) is 0.394. The molecule has 1 aliphatic heterocycles. The summed E-state index contributed by atoms with van der Waals surface area (Å²) in [7, 11) is 1.31. The molecule has 1 aliphatic rings. The zero-order valence-electron chi connectivity index (χ0n) is 14.7. The van der Waals surface area contributed by atoms with E-state index in [4.69, 9.17) is 4.74 Å². The highest BCUT2D eigenvalue weighted by atomic mass is 19.1. The largest absolute Gasteiger partial charge is 0.465 e. The number of nitrogens with one attached hydrogen (secondary N) is 1. The zero-order chi connectivity index (χ0) is 19.0. The molecule has 0 aliphatic carbocycles. The molecule has 0 radical (unpaired) electrons. The Kier molecular flexibility index (Phi) is 4.24. The number of ether oxygens (including phenoxy) is 1. The van der Waals surface area contributed by atoms with E-state index in [1.165, 1.54) is 42.5 Å². The maximum Gasteiger partial charge on any atom is 0.341 e. The second-order valence-corrected chi connectivity index (χ2v) is 6.31. The minimum atomic E-state index is -0.526. The molecule has 2 heterocycles. The molecule has 1 aromatic heterocycles. The van der Waals surface area contributed by atoms with E-state index >= 15 is 0 Å². The maximum atomic E-state index is 13.2. The number of hydrogen-bond acceptors (Lipinski definition) is 3. The molecule has 1 N–H and O–H groups in total. The summed E-state index contributed by atoms with van der Waals surface area (Å²) in [4.78, 5) is 30.0. The number of H-pyrrole nitrogens is 1. The maximum absolute atomic E-state index is 13.2. The fourth-order valence-electron chi connectivity index (χ4n) is 3.39.